The van der Waals surface area contributed by atoms with E-state index in [0.29, 0.717) is 6.42 Å². The zero-order valence-electron chi connectivity index (χ0n) is 13.4. The monoisotopic (exact) mass is 364 g/mol. The normalized spacial score (nSPS) is 12.5. The number of carbonyl (C=O) groups excluding carboxylic acids is 2. The van der Waals surface area contributed by atoms with Crippen LogP contribution in [0.5, 0.6) is 0 Å². The number of carbonyl (C=O) groups is 2. The molecule has 0 rings (SSSR count). The maximum absolute atomic E-state index is 12.2. The van der Waals surface area contributed by atoms with Gasteiger partial charge >= 0.3 is 18.3 Å². The molecule has 0 saturated carbocycles. The Balaban J connectivity index is 4.11. The van der Waals surface area contributed by atoms with Gasteiger partial charge in [0.15, 0.2) is 0 Å². The Kier molecular flexibility index (Phi) is 9.99. The van der Waals surface area contributed by atoms with Crippen LogP contribution in [0, 0.1) is 0 Å². The van der Waals surface area contributed by atoms with Gasteiger partial charge in [0.05, 0.1) is 0 Å². The Hall–Kier alpha value is -1.28. The van der Waals surface area contributed by atoms with Crippen molar-refractivity contribution in [2.75, 3.05) is 0 Å². The molecule has 0 fully saturated rings. The molecule has 0 spiro atoms. The van der Waals surface area contributed by atoms with Crippen LogP contribution < -0.4 is 0 Å². The molecule has 0 atom stereocenters. The van der Waals surface area contributed by atoms with Crippen molar-refractivity contribution < 1.29 is 40.7 Å². The molecule has 0 bridgehead atoms. The highest BCUT2D eigenvalue weighted by atomic mass is 19.4. The van der Waals surface area contributed by atoms with E-state index in [1.165, 1.54) is 0 Å². The minimum absolute atomic E-state index is 0.0639. The first-order valence-electron chi connectivity index (χ1n) is 7.83. The molecule has 9 heteroatoms. The molecule has 0 aliphatic rings. The lowest BCUT2D eigenvalue weighted by molar-refractivity contribution is -0.313. The van der Waals surface area contributed by atoms with E-state index < -0.39 is 36.6 Å². The number of hydrogen-bond acceptors (Lipinski definition) is 3. The van der Waals surface area contributed by atoms with Crippen molar-refractivity contribution in [3.63, 3.8) is 0 Å². The van der Waals surface area contributed by atoms with Crippen molar-refractivity contribution in [2.45, 2.75) is 83.2 Å². The molecule has 0 aliphatic carbocycles. The molecule has 0 amide bonds. The van der Waals surface area contributed by atoms with Gasteiger partial charge in [-0.05, 0) is 6.42 Å². The molecule has 0 aliphatic heterocycles. The van der Waals surface area contributed by atoms with Crippen LogP contribution >= 0.6 is 0 Å². The van der Waals surface area contributed by atoms with E-state index in [1.807, 2.05) is 0 Å². The third-order valence-electron chi connectivity index (χ3n) is 3.24. The van der Waals surface area contributed by atoms with E-state index in [1.54, 1.807) is 0 Å². The summed E-state index contributed by atoms with van der Waals surface area (Å²) in [5, 5.41) is 0. The number of alkyl halides is 6. The Morgan fingerprint density at radius 1 is 0.833 bits per heavy atom. The van der Waals surface area contributed by atoms with Crippen LogP contribution in [0.15, 0.2) is 0 Å². The van der Waals surface area contributed by atoms with Crippen LogP contribution in [-0.2, 0) is 14.3 Å². The summed E-state index contributed by atoms with van der Waals surface area (Å²) in [4.78, 5) is 22.5. The molecule has 0 radical (unpaired) electrons. The van der Waals surface area contributed by atoms with Gasteiger partial charge in [-0.1, -0.05) is 45.4 Å². The predicted octanol–water partition coefficient (Wildman–Crippen LogP) is 5.12. The lowest BCUT2D eigenvalue weighted by Gasteiger charge is -2.22. The summed E-state index contributed by atoms with van der Waals surface area (Å²) in [6.07, 6.45) is -10.5. The maximum Gasteiger partial charge on any atom is 0.434 e. The SMILES string of the molecule is CCCCCCCCCC(=O)CC(=O)OC(C(F)(F)F)C(F)(F)F. The van der Waals surface area contributed by atoms with Crippen molar-refractivity contribution in [3.8, 4) is 0 Å². The highest BCUT2D eigenvalue weighted by Crippen LogP contribution is 2.35. The van der Waals surface area contributed by atoms with Crippen LogP contribution in [0.25, 0.3) is 0 Å². The number of unbranched alkanes of at least 4 members (excludes halogenated alkanes) is 6. The number of ketones is 1. The van der Waals surface area contributed by atoms with E-state index in [0.717, 1.165) is 38.5 Å². The van der Waals surface area contributed by atoms with Crippen LogP contribution in [-0.4, -0.2) is 30.2 Å². The summed E-state index contributed by atoms with van der Waals surface area (Å²) in [7, 11) is 0. The summed E-state index contributed by atoms with van der Waals surface area (Å²) >= 11 is 0. The molecule has 0 N–H and O–H groups in total. The van der Waals surface area contributed by atoms with Crippen molar-refractivity contribution in [1.29, 1.82) is 0 Å². The fourth-order valence-electron chi connectivity index (χ4n) is 2.02. The van der Waals surface area contributed by atoms with Crippen LogP contribution in [0.1, 0.15) is 64.7 Å². The quantitative estimate of drug-likeness (QED) is 0.221. The number of hydrogen-bond donors (Lipinski definition) is 0. The highest BCUT2D eigenvalue weighted by Gasteiger charge is 2.59. The summed E-state index contributed by atoms with van der Waals surface area (Å²) in [6, 6.07) is 0. The average Bonchev–Trinajstić information content (AvgIpc) is 2.41. The fourth-order valence-corrected chi connectivity index (χ4v) is 2.02. The summed E-state index contributed by atoms with van der Waals surface area (Å²) in [6.45, 7) is 2.07. The standard InChI is InChI=1S/C15H22F6O3/c1-2-3-4-5-6-7-8-9-11(22)10-12(23)24-13(14(16,17)18)15(19,20)21/h13H,2-10H2,1H3. The second kappa shape index (κ2) is 10.6. The van der Waals surface area contributed by atoms with E-state index in [9.17, 15) is 35.9 Å². The van der Waals surface area contributed by atoms with Gasteiger partial charge in [-0.2, -0.15) is 26.3 Å². The first-order valence-corrected chi connectivity index (χ1v) is 7.83. The molecular formula is C15H22F6O3. The molecule has 142 valence electrons. The first kappa shape index (κ1) is 22.7. The molecule has 0 aromatic carbocycles. The largest absolute Gasteiger partial charge is 0.442 e. The summed E-state index contributed by atoms with van der Waals surface area (Å²) in [5.41, 5.74) is 0. The van der Waals surface area contributed by atoms with Gasteiger partial charge < -0.3 is 4.74 Å². The van der Waals surface area contributed by atoms with E-state index in [2.05, 4.69) is 11.7 Å². The Morgan fingerprint density at radius 2 is 1.29 bits per heavy atom. The lowest BCUT2D eigenvalue weighted by Crippen LogP contribution is -2.45. The van der Waals surface area contributed by atoms with Crippen molar-refractivity contribution in [1.82, 2.24) is 0 Å². The number of Topliss-reactive ketones (excluding diaryl/α,β-unsaturated/α-hetero) is 1. The van der Waals surface area contributed by atoms with Crippen molar-refractivity contribution >= 4 is 11.8 Å². The molecule has 0 saturated heterocycles. The van der Waals surface area contributed by atoms with Crippen molar-refractivity contribution in [3.05, 3.63) is 0 Å². The number of halogens is 6. The number of esters is 1. The summed E-state index contributed by atoms with van der Waals surface area (Å²) in [5.74, 6) is -2.54. The molecular weight excluding hydrogens is 342 g/mol. The molecule has 0 aromatic rings. The van der Waals surface area contributed by atoms with Crippen LogP contribution in [0.2, 0.25) is 0 Å². The second-order valence-corrected chi connectivity index (χ2v) is 5.54. The van der Waals surface area contributed by atoms with Gasteiger partial charge in [0, 0.05) is 6.42 Å². The van der Waals surface area contributed by atoms with Gasteiger partial charge in [0.1, 0.15) is 12.2 Å². The van der Waals surface area contributed by atoms with Gasteiger partial charge in [-0.25, -0.2) is 0 Å². The maximum atomic E-state index is 12.2. The Morgan fingerprint density at radius 3 is 1.75 bits per heavy atom. The van der Waals surface area contributed by atoms with E-state index in [4.69, 9.17) is 0 Å². The van der Waals surface area contributed by atoms with Gasteiger partial charge in [0.25, 0.3) is 6.10 Å². The second-order valence-electron chi connectivity index (χ2n) is 5.54. The minimum atomic E-state index is -5.77. The molecule has 3 nitrogen and oxygen atoms in total. The molecule has 0 unspecified atom stereocenters. The van der Waals surface area contributed by atoms with Crippen LogP contribution in [0.3, 0.4) is 0 Å². The van der Waals surface area contributed by atoms with Gasteiger partial charge in [-0.3, -0.25) is 9.59 Å². The smallest absolute Gasteiger partial charge is 0.434 e. The van der Waals surface area contributed by atoms with Crippen LogP contribution in [0.4, 0.5) is 26.3 Å². The summed E-state index contributed by atoms with van der Waals surface area (Å²) < 4.78 is 76.7. The third-order valence-corrected chi connectivity index (χ3v) is 3.24. The van der Waals surface area contributed by atoms with Gasteiger partial charge in [-0.15, -0.1) is 0 Å². The zero-order chi connectivity index (χ0) is 18.8. The minimum Gasteiger partial charge on any atom is -0.442 e. The zero-order valence-corrected chi connectivity index (χ0v) is 13.4. The highest BCUT2D eigenvalue weighted by molar-refractivity contribution is 5.95. The Bertz CT molecular complexity index is 376. The third kappa shape index (κ3) is 10.5. The lowest BCUT2D eigenvalue weighted by atomic mass is 10.1. The van der Waals surface area contributed by atoms with Crippen molar-refractivity contribution in [2.24, 2.45) is 0 Å². The Labute approximate surface area is 136 Å². The molecule has 0 heterocycles. The van der Waals surface area contributed by atoms with Gasteiger partial charge in [0.2, 0.25) is 0 Å². The van der Waals surface area contributed by atoms with E-state index >= 15 is 0 Å². The predicted molar refractivity (Wildman–Crippen MR) is 74.2 cm³/mol. The first-order chi connectivity index (χ1) is 11.0. The number of ether oxygens (including phenoxy) is 1. The number of rotatable bonds is 11. The molecule has 0 aromatic heterocycles. The fraction of sp³-hybridized carbons (Fsp3) is 0.867. The van der Waals surface area contributed by atoms with E-state index in [-0.39, 0.29) is 6.42 Å². The topological polar surface area (TPSA) is 43.4 Å². The average molecular weight is 364 g/mol. The molecule has 24 heavy (non-hydrogen) atoms.